The van der Waals surface area contributed by atoms with E-state index in [4.69, 9.17) is 14.2 Å². The standard InChI is InChI=1S/C42H79NO7/c1-6-8-10-12-14-16-18-20-21-23-24-26-28-30-32-40(44)49-37-38(36-48-35-34-39(42(46)47)43(3,4)5)50-41(45)33-31-29-27-25-22-19-17-15-13-11-9-7-2/h15,17,38-39H,6-14,16,18-37H2,1-5H3/b17-15-. The summed E-state index contributed by atoms with van der Waals surface area (Å²) in [6, 6.07) is -0.722. The SMILES string of the molecule is CCCCC/C=C\CCCCCCCC(=O)OC(COCCC(C(=O)[O-])[N+](C)(C)C)COC(=O)CCCCCCCCCCCCCCCC. The number of hydrogen-bond donors (Lipinski definition) is 0. The van der Waals surface area contributed by atoms with Crippen LogP contribution in [0.3, 0.4) is 0 Å². The monoisotopic (exact) mass is 710 g/mol. The summed E-state index contributed by atoms with van der Waals surface area (Å²) in [5.41, 5.74) is 0. The molecule has 0 saturated heterocycles. The third-order valence-corrected chi connectivity index (χ3v) is 9.40. The minimum absolute atomic E-state index is 0.0424. The third-order valence-electron chi connectivity index (χ3n) is 9.40. The van der Waals surface area contributed by atoms with Crippen molar-refractivity contribution in [3.8, 4) is 0 Å². The van der Waals surface area contributed by atoms with Gasteiger partial charge in [0, 0.05) is 19.3 Å². The molecule has 0 aliphatic heterocycles. The van der Waals surface area contributed by atoms with Gasteiger partial charge in [0.1, 0.15) is 12.6 Å². The summed E-state index contributed by atoms with van der Waals surface area (Å²) in [6.07, 6.45) is 33.7. The number of rotatable bonds is 37. The Labute approximate surface area is 308 Å². The lowest BCUT2D eigenvalue weighted by Crippen LogP contribution is -2.55. The van der Waals surface area contributed by atoms with Crippen molar-refractivity contribution >= 4 is 17.9 Å². The molecule has 0 aromatic carbocycles. The predicted octanol–water partition coefficient (Wildman–Crippen LogP) is 9.41. The number of quaternary nitrogens is 1. The molecule has 0 radical (unpaired) electrons. The Morgan fingerprint density at radius 3 is 1.48 bits per heavy atom. The second-order valence-electron chi connectivity index (χ2n) is 15.2. The van der Waals surface area contributed by atoms with E-state index in [0.29, 0.717) is 12.8 Å². The van der Waals surface area contributed by atoms with Gasteiger partial charge in [-0.05, 0) is 38.5 Å². The number of carbonyl (C=O) groups is 3. The van der Waals surface area contributed by atoms with Crippen molar-refractivity contribution in [2.24, 2.45) is 0 Å². The number of allylic oxidation sites excluding steroid dienone is 2. The first kappa shape index (κ1) is 48.1. The van der Waals surface area contributed by atoms with Crippen LogP contribution in [0.5, 0.6) is 0 Å². The molecule has 0 N–H and O–H groups in total. The molecule has 8 heteroatoms. The van der Waals surface area contributed by atoms with Crippen molar-refractivity contribution in [2.45, 2.75) is 199 Å². The topological polar surface area (TPSA) is 102 Å². The highest BCUT2D eigenvalue weighted by Crippen LogP contribution is 2.15. The Hall–Kier alpha value is -1.93. The lowest BCUT2D eigenvalue weighted by molar-refractivity contribution is -0.889. The van der Waals surface area contributed by atoms with E-state index in [1.165, 1.54) is 103 Å². The molecule has 294 valence electrons. The molecule has 0 aliphatic carbocycles. The predicted molar refractivity (Wildman–Crippen MR) is 204 cm³/mol. The van der Waals surface area contributed by atoms with Gasteiger partial charge in [0.15, 0.2) is 6.10 Å². The number of unbranched alkanes of at least 4 members (excludes halogenated alkanes) is 21. The number of nitrogens with zero attached hydrogens (tertiary/aromatic N) is 1. The second-order valence-corrected chi connectivity index (χ2v) is 15.2. The van der Waals surface area contributed by atoms with E-state index in [1.54, 1.807) is 21.1 Å². The molecule has 0 fully saturated rings. The molecule has 0 heterocycles. The molecule has 0 aromatic rings. The molecule has 0 aromatic heterocycles. The Kier molecular flexibility index (Phi) is 32.9. The van der Waals surface area contributed by atoms with Gasteiger partial charge in [0.25, 0.3) is 0 Å². The van der Waals surface area contributed by atoms with Crippen molar-refractivity contribution in [3.63, 3.8) is 0 Å². The lowest BCUT2D eigenvalue weighted by atomic mass is 10.0. The van der Waals surface area contributed by atoms with Crippen molar-refractivity contribution in [2.75, 3.05) is 41.0 Å². The van der Waals surface area contributed by atoms with E-state index >= 15 is 0 Å². The number of esters is 2. The van der Waals surface area contributed by atoms with Crippen LogP contribution in [0.25, 0.3) is 0 Å². The van der Waals surface area contributed by atoms with Crippen LogP contribution < -0.4 is 5.11 Å². The third kappa shape index (κ3) is 32.0. The quantitative estimate of drug-likeness (QED) is 0.0274. The van der Waals surface area contributed by atoms with Gasteiger partial charge in [0.05, 0.1) is 40.3 Å². The number of carboxylic acid groups (broad SMARTS) is 1. The maximum atomic E-state index is 12.6. The van der Waals surface area contributed by atoms with Gasteiger partial charge in [-0.3, -0.25) is 9.59 Å². The van der Waals surface area contributed by atoms with Crippen molar-refractivity contribution in [1.29, 1.82) is 0 Å². The molecular formula is C42H79NO7. The maximum absolute atomic E-state index is 12.6. The van der Waals surface area contributed by atoms with E-state index in [-0.39, 0.29) is 42.7 Å². The summed E-state index contributed by atoms with van der Waals surface area (Å²) in [5.74, 6) is -1.74. The second kappa shape index (κ2) is 34.2. The summed E-state index contributed by atoms with van der Waals surface area (Å²) in [5, 5.41) is 11.6. The number of carboxylic acids is 1. The summed E-state index contributed by atoms with van der Waals surface area (Å²) in [6.45, 7) is 4.64. The highest BCUT2D eigenvalue weighted by Gasteiger charge is 2.25. The van der Waals surface area contributed by atoms with Gasteiger partial charge in [-0.1, -0.05) is 142 Å². The number of hydrogen-bond acceptors (Lipinski definition) is 7. The Bertz CT molecular complexity index is 838. The van der Waals surface area contributed by atoms with Crippen molar-refractivity contribution in [1.82, 2.24) is 0 Å². The fourth-order valence-electron chi connectivity index (χ4n) is 6.12. The van der Waals surface area contributed by atoms with Crippen LogP contribution in [-0.2, 0) is 28.6 Å². The Balaban J connectivity index is 4.36. The van der Waals surface area contributed by atoms with Gasteiger partial charge in [-0.15, -0.1) is 0 Å². The number of aliphatic carboxylic acids is 1. The molecule has 8 nitrogen and oxygen atoms in total. The van der Waals surface area contributed by atoms with Gasteiger partial charge < -0.3 is 28.6 Å². The first-order valence-electron chi connectivity index (χ1n) is 20.7. The molecule has 0 amide bonds. The van der Waals surface area contributed by atoms with Crippen LogP contribution in [0, 0.1) is 0 Å². The minimum atomic E-state index is -1.12. The van der Waals surface area contributed by atoms with Gasteiger partial charge in [-0.2, -0.15) is 0 Å². The summed E-state index contributed by atoms with van der Waals surface area (Å²) in [4.78, 5) is 36.7. The number of likely N-dealkylation sites (N-methyl/N-ethyl adjacent to an activating group) is 1. The van der Waals surface area contributed by atoms with Crippen LogP contribution in [0.1, 0.15) is 187 Å². The van der Waals surface area contributed by atoms with Crippen molar-refractivity contribution in [3.05, 3.63) is 12.2 Å². The van der Waals surface area contributed by atoms with E-state index in [1.807, 2.05) is 0 Å². The average molecular weight is 710 g/mol. The zero-order valence-corrected chi connectivity index (χ0v) is 33.3. The fraction of sp³-hybridized carbons (Fsp3) is 0.881. The van der Waals surface area contributed by atoms with Crippen molar-refractivity contribution < 1.29 is 38.2 Å². The van der Waals surface area contributed by atoms with Gasteiger partial charge in [-0.25, -0.2) is 0 Å². The molecule has 2 atom stereocenters. The van der Waals surface area contributed by atoms with E-state index in [0.717, 1.165) is 51.4 Å². The summed E-state index contributed by atoms with van der Waals surface area (Å²) >= 11 is 0. The van der Waals surface area contributed by atoms with Gasteiger partial charge >= 0.3 is 11.9 Å². The van der Waals surface area contributed by atoms with Crippen LogP contribution in [0.4, 0.5) is 0 Å². The van der Waals surface area contributed by atoms with Crippen LogP contribution in [-0.4, -0.2) is 75.5 Å². The molecule has 0 saturated carbocycles. The number of ether oxygens (including phenoxy) is 3. The van der Waals surface area contributed by atoms with E-state index in [2.05, 4.69) is 26.0 Å². The van der Waals surface area contributed by atoms with E-state index in [9.17, 15) is 19.5 Å². The molecular weight excluding hydrogens is 630 g/mol. The Morgan fingerprint density at radius 1 is 0.580 bits per heavy atom. The molecule has 50 heavy (non-hydrogen) atoms. The first-order chi connectivity index (χ1) is 24.1. The maximum Gasteiger partial charge on any atom is 0.306 e. The first-order valence-corrected chi connectivity index (χ1v) is 20.7. The highest BCUT2D eigenvalue weighted by molar-refractivity contribution is 5.70. The zero-order chi connectivity index (χ0) is 37.1. The molecule has 0 spiro atoms. The minimum Gasteiger partial charge on any atom is -0.544 e. The number of carbonyl (C=O) groups excluding carboxylic acids is 3. The fourth-order valence-corrected chi connectivity index (χ4v) is 6.12. The Morgan fingerprint density at radius 2 is 1.00 bits per heavy atom. The molecule has 0 aliphatic rings. The zero-order valence-electron chi connectivity index (χ0n) is 33.3. The van der Waals surface area contributed by atoms with Crippen LogP contribution in [0.2, 0.25) is 0 Å². The smallest absolute Gasteiger partial charge is 0.306 e. The molecule has 0 bridgehead atoms. The van der Waals surface area contributed by atoms with Crippen LogP contribution >= 0.6 is 0 Å². The average Bonchev–Trinajstić information content (AvgIpc) is 3.06. The normalized spacial score (nSPS) is 13.1. The summed E-state index contributed by atoms with van der Waals surface area (Å²) in [7, 11) is 5.40. The molecule has 0 rings (SSSR count). The van der Waals surface area contributed by atoms with E-state index < -0.39 is 18.1 Å². The largest absolute Gasteiger partial charge is 0.544 e. The lowest BCUT2D eigenvalue weighted by Gasteiger charge is -2.34. The van der Waals surface area contributed by atoms with Gasteiger partial charge in [0.2, 0.25) is 0 Å². The summed E-state index contributed by atoms with van der Waals surface area (Å²) < 4.78 is 17.1. The van der Waals surface area contributed by atoms with Crippen LogP contribution in [0.15, 0.2) is 12.2 Å². The molecule has 2 unspecified atom stereocenters. The highest BCUT2D eigenvalue weighted by atomic mass is 16.6.